The van der Waals surface area contributed by atoms with Crippen molar-refractivity contribution in [1.29, 1.82) is 0 Å². The SMILES string of the molecule is CCOC(=O)CN[C@@H](CCCN)C(N)=O. The Labute approximate surface area is 89.3 Å². The summed E-state index contributed by atoms with van der Waals surface area (Å²) in [6, 6.07) is -0.516. The predicted octanol–water partition coefficient (Wildman–Crippen LogP) is -1.27. The zero-order chi connectivity index (χ0) is 11.7. The molecule has 1 amide bonds. The molecule has 0 aliphatic heterocycles. The molecule has 0 saturated heterocycles. The van der Waals surface area contributed by atoms with E-state index in [0.717, 1.165) is 0 Å². The molecule has 6 nitrogen and oxygen atoms in total. The minimum atomic E-state index is -0.516. The molecule has 15 heavy (non-hydrogen) atoms. The quantitative estimate of drug-likeness (QED) is 0.439. The van der Waals surface area contributed by atoms with E-state index in [0.29, 0.717) is 26.0 Å². The van der Waals surface area contributed by atoms with Crippen molar-refractivity contribution in [2.45, 2.75) is 25.8 Å². The van der Waals surface area contributed by atoms with Crippen LogP contribution in [0.4, 0.5) is 0 Å². The molecular weight excluding hydrogens is 198 g/mol. The van der Waals surface area contributed by atoms with Gasteiger partial charge in [-0.2, -0.15) is 0 Å². The molecule has 88 valence electrons. The van der Waals surface area contributed by atoms with Crippen molar-refractivity contribution in [3.63, 3.8) is 0 Å². The fraction of sp³-hybridized carbons (Fsp3) is 0.778. The number of amides is 1. The van der Waals surface area contributed by atoms with Crippen LogP contribution in [-0.4, -0.2) is 37.6 Å². The van der Waals surface area contributed by atoms with Crippen LogP contribution in [0.3, 0.4) is 0 Å². The Kier molecular flexibility index (Phi) is 7.57. The first-order chi connectivity index (χ1) is 7.11. The summed E-state index contributed by atoms with van der Waals surface area (Å²) in [6.07, 6.45) is 1.22. The third-order valence-electron chi connectivity index (χ3n) is 1.84. The van der Waals surface area contributed by atoms with Gasteiger partial charge in [0.15, 0.2) is 0 Å². The summed E-state index contributed by atoms with van der Waals surface area (Å²) in [5.74, 6) is -0.871. The summed E-state index contributed by atoms with van der Waals surface area (Å²) in [5.41, 5.74) is 10.5. The van der Waals surface area contributed by atoms with Crippen LogP contribution in [0.2, 0.25) is 0 Å². The van der Waals surface area contributed by atoms with E-state index in [1.165, 1.54) is 0 Å². The summed E-state index contributed by atoms with van der Waals surface area (Å²) < 4.78 is 4.70. The molecule has 0 unspecified atom stereocenters. The molecule has 0 aromatic carbocycles. The highest BCUT2D eigenvalue weighted by molar-refractivity contribution is 5.81. The van der Waals surface area contributed by atoms with Gasteiger partial charge >= 0.3 is 5.97 Å². The molecule has 0 aliphatic carbocycles. The maximum atomic E-state index is 11.0. The Morgan fingerprint density at radius 1 is 1.47 bits per heavy atom. The molecular formula is C9H19N3O3. The van der Waals surface area contributed by atoms with Gasteiger partial charge in [-0.05, 0) is 26.3 Å². The van der Waals surface area contributed by atoms with Crippen molar-refractivity contribution in [3.8, 4) is 0 Å². The third kappa shape index (κ3) is 6.87. The topological polar surface area (TPSA) is 107 Å². The van der Waals surface area contributed by atoms with Gasteiger partial charge in [0.2, 0.25) is 5.91 Å². The van der Waals surface area contributed by atoms with Crippen molar-refractivity contribution in [2.24, 2.45) is 11.5 Å². The maximum Gasteiger partial charge on any atom is 0.319 e. The predicted molar refractivity (Wildman–Crippen MR) is 55.9 cm³/mol. The second kappa shape index (κ2) is 8.19. The summed E-state index contributed by atoms with van der Waals surface area (Å²) in [5, 5.41) is 2.73. The Bertz CT molecular complexity index is 207. The fourth-order valence-electron chi connectivity index (χ4n) is 1.09. The number of carbonyl (C=O) groups excluding carboxylic acids is 2. The zero-order valence-corrected chi connectivity index (χ0v) is 8.99. The molecule has 5 N–H and O–H groups in total. The van der Waals surface area contributed by atoms with Crippen LogP contribution >= 0.6 is 0 Å². The van der Waals surface area contributed by atoms with Crippen LogP contribution in [0.1, 0.15) is 19.8 Å². The lowest BCUT2D eigenvalue weighted by molar-refractivity contribution is -0.142. The first-order valence-corrected chi connectivity index (χ1v) is 5.00. The fourth-order valence-corrected chi connectivity index (χ4v) is 1.09. The van der Waals surface area contributed by atoms with Crippen LogP contribution in [0.25, 0.3) is 0 Å². The Hall–Kier alpha value is -1.14. The van der Waals surface area contributed by atoms with Gasteiger partial charge in [-0.15, -0.1) is 0 Å². The van der Waals surface area contributed by atoms with Gasteiger partial charge in [0.1, 0.15) is 0 Å². The average molecular weight is 217 g/mol. The molecule has 0 rings (SSSR count). The highest BCUT2D eigenvalue weighted by atomic mass is 16.5. The monoisotopic (exact) mass is 217 g/mol. The Morgan fingerprint density at radius 3 is 2.60 bits per heavy atom. The standard InChI is InChI=1S/C9H19N3O3/c1-2-15-8(13)6-12-7(9(11)14)4-3-5-10/h7,12H,2-6,10H2,1H3,(H2,11,14)/t7-/m0/s1. The molecule has 0 saturated carbocycles. The van der Waals surface area contributed by atoms with E-state index < -0.39 is 17.9 Å². The number of ether oxygens (including phenoxy) is 1. The first-order valence-electron chi connectivity index (χ1n) is 5.00. The van der Waals surface area contributed by atoms with E-state index in [-0.39, 0.29) is 6.54 Å². The van der Waals surface area contributed by atoms with Gasteiger partial charge < -0.3 is 16.2 Å². The lowest BCUT2D eigenvalue weighted by atomic mass is 10.1. The van der Waals surface area contributed by atoms with Gasteiger partial charge in [0, 0.05) is 0 Å². The first kappa shape index (κ1) is 13.9. The van der Waals surface area contributed by atoms with E-state index in [4.69, 9.17) is 16.2 Å². The largest absolute Gasteiger partial charge is 0.465 e. The molecule has 6 heteroatoms. The van der Waals surface area contributed by atoms with Crippen molar-refractivity contribution in [1.82, 2.24) is 5.32 Å². The molecule has 0 aromatic rings. The maximum absolute atomic E-state index is 11.0. The highest BCUT2D eigenvalue weighted by Gasteiger charge is 2.15. The van der Waals surface area contributed by atoms with Crippen molar-refractivity contribution in [2.75, 3.05) is 19.7 Å². The smallest absolute Gasteiger partial charge is 0.319 e. The summed E-state index contributed by atoms with van der Waals surface area (Å²) in [4.78, 5) is 21.9. The number of primary amides is 1. The van der Waals surface area contributed by atoms with E-state index in [2.05, 4.69) is 5.32 Å². The van der Waals surface area contributed by atoms with Crippen LogP contribution in [0, 0.1) is 0 Å². The Balaban J connectivity index is 3.85. The Morgan fingerprint density at radius 2 is 2.13 bits per heavy atom. The second-order valence-electron chi connectivity index (χ2n) is 3.07. The molecule has 0 fully saturated rings. The average Bonchev–Trinajstić information content (AvgIpc) is 2.17. The molecule has 0 aliphatic rings. The van der Waals surface area contributed by atoms with Crippen LogP contribution in [0.5, 0.6) is 0 Å². The highest BCUT2D eigenvalue weighted by Crippen LogP contribution is 1.95. The van der Waals surface area contributed by atoms with Gasteiger partial charge in [0.05, 0.1) is 19.2 Å². The third-order valence-corrected chi connectivity index (χ3v) is 1.84. The minimum Gasteiger partial charge on any atom is -0.465 e. The zero-order valence-electron chi connectivity index (χ0n) is 8.99. The van der Waals surface area contributed by atoms with E-state index in [9.17, 15) is 9.59 Å². The minimum absolute atomic E-state index is 0.00792. The van der Waals surface area contributed by atoms with E-state index >= 15 is 0 Å². The van der Waals surface area contributed by atoms with Gasteiger partial charge in [-0.25, -0.2) is 0 Å². The van der Waals surface area contributed by atoms with Crippen LogP contribution in [-0.2, 0) is 14.3 Å². The van der Waals surface area contributed by atoms with Gasteiger partial charge in [0.25, 0.3) is 0 Å². The summed E-state index contributed by atoms with van der Waals surface area (Å²) in [6.45, 7) is 2.53. The van der Waals surface area contributed by atoms with Crippen LogP contribution in [0.15, 0.2) is 0 Å². The van der Waals surface area contributed by atoms with Crippen molar-refractivity contribution >= 4 is 11.9 Å². The number of rotatable bonds is 8. The lowest BCUT2D eigenvalue weighted by Gasteiger charge is -2.13. The molecule has 0 bridgehead atoms. The number of esters is 1. The van der Waals surface area contributed by atoms with Crippen molar-refractivity contribution in [3.05, 3.63) is 0 Å². The molecule has 0 radical (unpaired) electrons. The summed E-state index contributed by atoms with van der Waals surface area (Å²) in [7, 11) is 0. The van der Waals surface area contributed by atoms with Gasteiger partial charge in [-0.1, -0.05) is 0 Å². The molecule has 0 spiro atoms. The molecule has 1 atom stereocenters. The number of hydrogen-bond donors (Lipinski definition) is 3. The number of hydrogen-bond acceptors (Lipinski definition) is 5. The molecule has 0 heterocycles. The molecule has 0 aromatic heterocycles. The number of carbonyl (C=O) groups is 2. The van der Waals surface area contributed by atoms with E-state index in [1.807, 2.05) is 0 Å². The lowest BCUT2D eigenvalue weighted by Crippen LogP contribution is -2.44. The normalized spacial score (nSPS) is 12.1. The van der Waals surface area contributed by atoms with Crippen molar-refractivity contribution < 1.29 is 14.3 Å². The summed E-state index contributed by atoms with van der Waals surface area (Å²) >= 11 is 0. The van der Waals surface area contributed by atoms with Gasteiger partial charge in [-0.3, -0.25) is 14.9 Å². The number of nitrogens with two attached hydrogens (primary N) is 2. The second-order valence-corrected chi connectivity index (χ2v) is 3.07. The van der Waals surface area contributed by atoms with E-state index in [1.54, 1.807) is 6.92 Å². The number of nitrogens with one attached hydrogen (secondary N) is 1. The van der Waals surface area contributed by atoms with Crippen LogP contribution < -0.4 is 16.8 Å².